The molecule has 0 aliphatic heterocycles. The molecule has 6 heteroatoms. The lowest BCUT2D eigenvalue weighted by Gasteiger charge is -2.31. The van der Waals surface area contributed by atoms with Crippen LogP contribution in [0.3, 0.4) is 0 Å². The average molecular weight is 358 g/mol. The van der Waals surface area contributed by atoms with Crippen molar-refractivity contribution in [1.82, 2.24) is 15.3 Å². The van der Waals surface area contributed by atoms with Crippen molar-refractivity contribution < 1.29 is 9.13 Å². The molecule has 3 rings (SSSR count). The van der Waals surface area contributed by atoms with E-state index in [2.05, 4.69) is 27.5 Å². The van der Waals surface area contributed by atoms with Crippen molar-refractivity contribution in [3.8, 4) is 11.3 Å². The van der Waals surface area contributed by atoms with Crippen LogP contribution in [0.2, 0.25) is 0 Å². The van der Waals surface area contributed by atoms with Crippen LogP contribution in [-0.2, 0) is 4.74 Å². The summed E-state index contributed by atoms with van der Waals surface area (Å²) in [5.74, 6) is 0.457. The van der Waals surface area contributed by atoms with E-state index in [1.54, 1.807) is 31.6 Å². The second-order valence-corrected chi connectivity index (χ2v) is 6.98. The first-order valence-electron chi connectivity index (χ1n) is 9.24. The van der Waals surface area contributed by atoms with Crippen molar-refractivity contribution in [3.05, 3.63) is 42.5 Å². The molecule has 0 unspecified atom stereocenters. The predicted octanol–water partition coefficient (Wildman–Crippen LogP) is 3.63. The molecular formula is C20H27FN4O. The van der Waals surface area contributed by atoms with Crippen LogP contribution in [0.15, 0.2) is 36.7 Å². The van der Waals surface area contributed by atoms with Gasteiger partial charge in [-0.15, -0.1) is 0 Å². The maximum Gasteiger partial charge on any atom is 0.149 e. The van der Waals surface area contributed by atoms with Crippen molar-refractivity contribution in [2.24, 2.45) is 0 Å². The highest BCUT2D eigenvalue weighted by molar-refractivity contribution is 5.63. The SMILES string of the molecule is COC[C@@H](C)NC1CCC(Nc2cc(-c3ncccc3F)ccn2)CC1. The first kappa shape index (κ1) is 18.7. The number of hydrogen-bond acceptors (Lipinski definition) is 5. The lowest BCUT2D eigenvalue weighted by Crippen LogP contribution is -2.42. The number of pyridine rings is 2. The van der Waals surface area contributed by atoms with Crippen molar-refractivity contribution in [3.63, 3.8) is 0 Å². The first-order chi connectivity index (χ1) is 12.7. The fourth-order valence-corrected chi connectivity index (χ4v) is 3.57. The van der Waals surface area contributed by atoms with Gasteiger partial charge in [-0.3, -0.25) is 4.98 Å². The van der Waals surface area contributed by atoms with E-state index >= 15 is 0 Å². The van der Waals surface area contributed by atoms with E-state index < -0.39 is 0 Å². The molecule has 1 fully saturated rings. The predicted molar refractivity (Wildman–Crippen MR) is 102 cm³/mol. The third-order valence-electron chi connectivity index (χ3n) is 4.81. The van der Waals surface area contributed by atoms with Crippen LogP contribution in [0.25, 0.3) is 11.3 Å². The molecule has 1 aliphatic rings. The number of nitrogens with zero attached hydrogens (tertiary/aromatic N) is 2. The van der Waals surface area contributed by atoms with Gasteiger partial charge in [0.15, 0.2) is 0 Å². The number of aromatic nitrogens is 2. The van der Waals surface area contributed by atoms with Gasteiger partial charge in [-0.05, 0) is 56.9 Å². The molecular weight excluding hydrogens is 331 g/mol. The number of hydrogen-bond donors (Lipinski definition) is 2. The molecule has 0 aromatic carbocycles. The Balaban J connectivity index is 1.56. The Labute approximate surface area is 154 Å². The smallest absolute Gasteiger partial charge is 0.149 e. The Morgan fingerprint density at radius 3 is 2.65 bits per heavy atom. The van der Waals surface area contributed by atoms with Gasteiger partial charge in [0.1, 0.15) is 17.3 Å². The van der Waals surface area contributed by atoms with Crippen molar-refractivity contribution >= 4 is 5.82 Å². The highest BCUT2D eigenvalue weighted by atomic mass is 19.1. The van der Waals surface area contributed by atoms with Crippen LogP contribution in [0.5, 0.6) is 0 Å². The maximum absolute atomic E-state index is 13.9. The van der Waals surface area contributed by atoms with E-state index in [4.69, 9.17) is 4.74 Å². The van der Waals surface area contributed by atoms with Gasteiger partial charge in [-0.25, -0.2) is 9.37 Å². The van der Waals surface area contributed by atoms with Gasteiger partial charge in [0.2, 0.25) is 0 Å². The summed E-state index contributed by atoms with van der Waals surface area (Å²) in [5.41, 5.74) is 1.10. The molecule has 1 saturated carbocycles. The zero-order valence-electron chi connectivity index (χ0n) is 15.4. The molecule has 140 valence electrons. The molecule has 2 aromatic heterocycles. The molecule has 0 spiro atoms. The Kier molecular flexibility index (Phi) is 6.52. The number of nitrogens with one attached hydrogen (secondary N) is 2. The molecule has 5 nitrogen and oxygen atoms in total. The lowest BCUT2D eigenvalue weighted by atomic mass is 9.90. The van der Waals surface area contributed by atoms with E-state index in [9.17, 15) is 4.39 Å². The molecule has 0 saturated heterocycles. The highest BCUT2D eigenvalue weighted by Crippen LogP contribution is 2.25. The zero-order valence-corrected chi connectivity index (χ0v) is 15.4. The minimum absolute atomic E-state index is 0.318. The Morgan fingerprint density at radius 1 is 1.15 bits per heavy atom. The summed E-state index contributed by atoms with van der Waals surface area (Å²) in [6.45, 7) is 2.89. The fraction of sp³-hybridized carbons (Fsp3) is 0.500. The summed E-state index contributed by atoms with van der Waals surface area (Å²) < 4.78 is 19.1. The zero-order chi connectivity index (χ0) is 18.4. The third-order valence-corrected chi connectivity index (χ3v) is 4.81. The van der Waals surface area contributed by atoms with Crippen LogP contribution in [-0.4, -0.2) is 41.8 Å². The second-order valence-electron chi connectivity index (χ2n) is 6.98. The monoisotopic (exact) mass is 358 g/mol. The number of methoxy groups -OCH3 is 1. The quantitative estimate of drug-likeness (QED) is 0.791. The minimum Gasteiger partial charge on any atom is -0.383 e. The fourth-order valence-electron chi connectivity index (χ4n) is 3.57. The Hall–Kier alpha value is -2.05. The second kappa shape index (κ2) is 9.05. The molecule has 0 radical (unpaired) electrons. The Morgan fingerprint density at radius 2 is 1.92 bits per heavy atom. The maximum atomic E-state index is 13.9. The van der Waals surface area contributed by atoms with Crippen LogP contribution in [0, 0.1) is 5.82 Å². The number of anilines is 1. The van der Waals surface area contributed by atoms with Gasteiger partial charge in [-0.1, -0.05) is 0 Å². The van der Waals surface area contributed by atoms with E-state index in [-0.39, 0.29) is 5.82 Å². The van der Waals surface area contributed by atoms with Gasteiger partial charge in [0.25, 0.3) is 0 Å². The normalized spacial score (nSPS) is 21.3. The largest absolute Gasteiger partial charge is 0.383 e. The van der Waals surface area contributed by atoms with E-state index in [1.807, 2.05) is 6.07 Å². The summed E-state index contributed by atoms with van der Waals surface area (Å²) in [4.78, 5) is 8.53. The van der Waals surface area contributed by atoms with E-state index in [0.717, 1.165) is 43.7 Å². The van der Waals surface area contributed by atoms with Crippen LogP contribution >= 0.6 is 0 Å². The lowest BCUT2D eigenvalue weighted by molar-refractivity contribution is 0.161. The van der Waals surface area contributed by atoms with Gasteiger partial charge >= 0.3 is 0 Å². The summed E-state index contributed by atoms with van der Waals surface area (Å²) in [6.07, 6.45) is 7.72. The van der Waals surface area contributed by atoms with Gasteiger partial charge in [-0.2, -0.15) is 0 Å². The standard InChI is InChI=1S/C20H27FN4O/c1-14(13-26-2)24-16-5-7-17(8-6-16)25-19-12-15(9-11-22-19)20-18(21)4-3-10-23-20/h3-4,9-12,14,16-17,24H,5-8,13H2,1-2H3,(H,22,25)/t14-,16?,17?/m1/s1. The summed E-state index contributed by atoms with van der Waals surface area (Å²) in [7, 11) is 1.73. The molecule has 0 amide bonds. The van der Waals surface area contributed by atoms with Crippen LogP contribution < -0.4 is 10.6 Å². The highest BCUT2D eigenvalue weighted by Gasteiger charge is 2.22. The van der Waals surface area contributed by atoms with Crippen LogP contribution in [0.4, 0.5) is 10.2 Å². The van der Waals surface area contributed by atoms with E-state index in [1.165, 1.54) is 6.07 Å². The number of halogens is 1. The van der Waals surface area contributed by atoms with Gasteiger partial charge < -0.3 is 15.4 Å². The number of rotatable bonds is 7. The Bertz CT molecular complexity index is 704. The molecule has 1 atom stereocenters. The van der Waals surface area contributed by atoms with Gasteiger partial charge in [0.05, 0.1) is 6.61 Å². The van der Waals surface area contributed by atoms with Crippen LogP contribution in [0.1, 0.15) is 32.6 Å². The average Bonchev–Trinajstić information content (AvgIpc) is 2.64. The van der Waals surface area contributed by atoms with Crippen molar-refractivity contribution in [2.45, 2.75) is 50.7 Å². The molecule has 2 aromatic rings. The molecule has 2 N–H and O–H groups in total. The molecule has 0 bridgehead atoms. The molecule has 2 heterocycles. The third kappa shape index (κ3) is 4.99. The minimum atomic E-state index is -0.318. The van der Waals surface area contributed by atoms with Crippen molar-refractivity contribution in [1.29, 1.82) is 0 Å². The topological polar surface area (TPSA) is 59.1 Å². The number of ether oxygens (including phenoxy) is 1. The van der Waals surface area contributed by atoms with Gasteiger partial charge in [0, 0.05) is 43.2 Å². The molecule has 1 aliphatic carbocycles. The van der Waals surface area contributed by atoms with Crippen molar-refractivity contribution in [2.75, 3.05) is 19.0 Å². The first-order valence-corrected chi connectivity index (χ1v) is 9.24. The van der Waals surface area contributed by atoms with E-state index in [0.29, 0.717) is 23.8 Å². The molecule has 26 heavy (non-hydrogen) atoms. The summed E-state index contributed by atoms with van der Waals surface area (Å²) in [6, 6.07) is 7.99. The summed E-state index contributed by atoms with van der Waals surface area (Å²) in [5, 5.41) is 7.12. The summed E-state index contributed by atoms with van der Waals surface area (Å²) >= 11 is 0.